The Kier molecular flexibility index (Phi) is 4.59. The van der Waals surface area contributed by atoms with Crippen molar-refractivity contribution in [2.75, 3.05) is 13.1 Å². The number of benzene rings is 1. The van der Waals surface area contributed by atoms with Gasteiger partial charge in [0.15, 0.2) is 0 Å². The van der Waals surface area contributed by atoms with Crippen molar-refractivity contribution in [2.45, 2.75) is 50.5 Å². The molecule has 1 aromatic carbocycles. The van der Waals surface area contributed by atoms with Crippen LogP contribution in [-0.2, 0) is 0 Å². The Morgan fingerprint density at radius 1 is 1.14 bits per heavy atom. The molecule has 3 atom stereocenters. The molecular formula is C18H27N3. The van der Waals surface area contributed by atoms with Crippen molar-refractivity contribution in [3.05, 3.63) is 35.9 Å². The average Bonchev–Trinajstić information content (AvgIpc) is 2.53. The van der Waals surface area contributed by atoms with Gasteiger partial charge in [0.2, 0.25) is 0 Å². The quantitative estimate of drug-likeness (QED) is 0.658. The van der Waals surface area contributed by atoms with Crippen molar-refractivity contribution >= 4 is 5.84 Å². The molecule has 1 aliphatic carbocycles. The van der Waals surface area contributed by atoms with Gasteiger partial charge in [0, 0.05) is 12.6 Å². The van der Waals surface area contributed by atoms with Gasteiger partial charge >= 0.3 is 0 Å². The third-order valence-electron chi connectivity index (χ3n) is 5.35. The second-order valence-electron chi connectivity index (χ2n) is 6.67. The van der Waals surface area contributed by atoms with Gasteiger partial charge in [-0.1, -0.05) is 43.2 Å². The van der Waals surface area contributed by atoms with Crippen LogP contribution in [0.4, 0.5) is 0 Å². The summed E-state index contributed by atoms with van der Waals surface area (Å²) in [6.45, 7) is 2.10. The van der Waals surface area contributed by atoms with E-state index in [1.165, 1.54) is 50.6 Å². The van der Waals surface area contributed by atoms with Crippen LogP contribution in [0.5, 0.6) is 0 Å². The zero-order valence-electron chi connectivity index (χ0n) is 12.8. The van der Waals surface area contributed by atoms with Gasteiger partial charge in [0.25, 0.3) is 0 Å². The predicted molar refractivity (Wildman–Crippen MR) is 87.7 cm³/mol. The SMILES string of the molecule is N=C(N)C(CN1CCCC2CCCCC21)c1ccccc1. The number of nitrogens with one attached hydrogen (secondary N) is 1. The van der Waals surface area contributed by atoms with E-state index in [-0.39, 0.29) is 5.92 Å². The van der Waals surface area contributed by atoms with Crippen LogP contribution in [0.1, 0.15) is 50.0 Å². The summed E-state index contributed by atoms with van der Waals surface area (Å²) in [5, 5.41) is 7.99. The maximum atomic E-state index is 7.99. The normalized spacial score (nSPS) is 27.8. The van der Waals surface area contributed by atoms with Crippen LogP contribution in [0, 0.1) is 11.3 Å². The zero-order chi connectivity index (χ0) is 14.7. The summed E-state index contributed by atoms with van der Waals surface area (Å²) < 4.78 is 0. The van der Waals surface area contributed by atoms with E-state index in [1.54, 1.807) is 0 Å². The van der Waals surface area contributed by atoms with Crippen LogP contribution in [0.2, 0.25) is 0 Å². The Morgan fingerprint density at radius 3 is 2.62 bits per heavy atom. The topological polar surface area (TPSA) is 53.1 Å². The molecular weight excluding hydrogens is 258 g/mol. The van der Waals surface area contributed by atoms with Gasteiger partial charge in [-0.05, 0) is 43.7 Å². The van der Waals surface area contributed by atoms with Gasteiger partial charge in [0.05, 0.1) is 11.8 Å². The first-order valence-corrected chi connectivity index (χ1v) is 8.38. The molecule has 0 bridgehead atoms. The molecule has 114 valence electrons. The maximum absolute atomic E-state index is 7.99. The molecule has 1 saturated heterocycles. The third kappa shape index (κ3) is 3.29. The number of fused-ring (bicyclic) bond motifs is 1. The number of likely N-dealkylation sites (tertiary alicyclic amines) is 1. The first kappa shape index (κ1) is 14.6. The Bertz CT molecular complexity index is 469. The molecule has 0 amide bonds. The van der Waals surface area contributed by atoms with Crippen LogP contribution in [-0.4, -0.2) is 29.9 Å². The molecule has 3 rings (SSSR count). The third-order valence-corrected chi connectivity index (χ3v) is 5.35. The molecule has 3 heteroatoms. The lowest BCUT2D eigenvalue weighted by molar-refractivity contribution is 0.0600. The van der Waals surface area contributed by atoms with Crippen LogP contribution in [0.15, 0.2) is 30.3 Å². The van der Waals surface area contributed by atoms with E-state index in [0.717, 1.165) is 18.5 Å². The molecule has 0 aromatic heterocycles. The first-order valence-electron chi connectivity index (χ1n) is 8.38. The van der Waals surface area contributed by atoms with Crippen molar-refractivity contribution in [2.24, 2.45) is 11.7 Å². The highest BCUT2D eigenvalue weighted by molar-refractivity contribution is 5.84. The van der Waals surface area contributed by atoms with Crippen molar-refractivity contribution in [3.8, 4) is 0 Å². The maximum Gasteiger partial charge on any atom is 0.0995 e. The Morgan fingerprint density at radius 2 is 1.86 bits per heavy atom. The average molecular weight is 285 g/mol. The Balaban J connectivity index is 1.74. The van der Waals surface area contributed by atoms with E-state index >= 15 is 0 Å². The van der Waals surface area contributed by atoms with E-state index in [9.17, 15) is 0 Å². The summed E-state index contributed by atoms with van der Waals surface area (Å²) in [7, 11) is 0. The van der Waals surface area contributed by atoms with Gasteiger partial charge in [-0.3, -0.25) is 10.3 Å². The summed E-state index contributed by atoms with van der Waals surface area (Å²) >= 11 is 0. The number of nitrogens with zero attached hydrogens (tertiary/aromatic N) is 1. The van der Waals surface area contributed by atoms with Gasteiger partial charge in [-0.2, -0.15) is 0 Å². The number of rotatable bonds is 4. The van der Waals surface area contributed by atoms with Crippen LogP contribution < -0.4 is 5.73 Å². The standard InChI is InChI=1S/C18H27N3/c19-18(20)16(14-7-2-1-3-8-14)13-21-12-6-10-15-9-4-5-11-17(15)21/h1-3,7-8,15-17H,4-6,9-13H2,(H3,19,20). The smallest absolute Gasteiger partial charge is 0.0995 e. The van der Waals surface area contributed by atoms with Crippen molar-refractivity contribution in [3.63, 3.8) is 0 Å². The summed E-state index contributed by atoms with van der Waals surface area (Å²) in [6.07, 6.45) is 8.22. The summed E-state index contributed by atoms with van der Waals surface area (Å²) in [5.41, 5.74) is 7.09. The number of piperidine rings is 1. The molecule has 3 nitrogen and oxygen atoms in total. The molecule has 1 aromatic rings. The van der Waals surface area contributed by atoms with Crippen LogP contribution >= 0.6 is 0 Å². The number of hydrogen-bond donors (Lipinski definition) is 2. The van der Waals surface area contributed by atoms with E-state index in [1.807, 2.05) is 18.2 Å². The van der Waals surface area contributed by atoms with Gasteiger partial charge in [0.1, 0.15) is 0 Å². The molecule has 1 aliphatic heterocycles. The summed E-state index contributed by atoms with van der Waals surface area (Å²) in [5.74, 6) is 1.24. The molecule has 1 heterocycles. The molecule has 2 fully saturated rings. The van der Waals surface area contributed by atoms with Crippen molar-refractivity contribution < 1.29 is 0 Å². The van der Waals surface area contributed by atoms with E-state index in [0.29, 0.717) is 5.84 Å². The lowest BCUT2D eigenvalue weighted by Crippen LogP contribution is -2.49. The highest BCUT2D eigenvalue weighted by atomic mass is 15.2. The zero-order valence-corrected chi connectivity index (χ0v) is 12.8. The minimum absolute atomic E-state index is 0.0480. The molecule has 3 N–H and O–H groups in total. The lowest BCUT2D eigenvalue weighted by atomic mass is 9.78. The fourth-order valence-corrected chi connectivity index (χ4v) is 4.26. The fourth-order valence-electron chi connectivity index (χ4n) is 4.26. The Labute approximate surface area is 128 Å². The molecule has 21 heavy (non-hydrogen) atoms. The lowest BCUT2D eigenvalue weighted by Gasteiger charge is -2.45. The van der Waals surface area contributed by atoms with Crippen LogP contribution in [0.3, 0.4) is 0 Å². The van der Waals surface area contributed by atoms with E-state index in [2.05, 4.69) is 17.0 Å². The largest absolute Gasteiger partial charge is 0.387 e. The first-order chi connectivity index (χ1) is 10.3. The second kappa shape index (κ2) is 6.61. The number of amidine groups is 1. The van der Waals surface area contributed by atoms with Crippen LogP contribution in [0.25, 0.3) is 0 Å². The molecule has 0 radical (unpaired) electrons. The molecule has 1 saturated carbocycles. The molecule has 2 aliphatic rings. The number of nitrogens with two attached hydrogens (primary N) is 1. The van der Waals surface area contributed by atoms with Gasteiger partial charge in [-0.15, -0.1) is 0 Å². The van der Waals surface area contributed by atoms with Gasteiger partial charge < -0.3 is 5.73 Å². The molecule has 0 spiro atoms. The van der Waals surface area contributed by atoms with Gasteiger partial charge in [-0.25, -0.2) is 0 Å². The minimum Gasteiger partial charge on any atom is -0.387 e. The Hall–Kier alpha value is -1.35. The highest BCUT2D eigenvalue weighted by Crippen LogP contribution is 2.36. The number of hydrogen-bond acceptors (Lipinski definition) is 2. The minimum atomic E-state index is 0.0480. The summed E-state index contributed by atoms with van der Waals surface area (Å²) in [4.78, 5) is 2.63. The molecule has 3 unspecified atom stereocenters. The van der Waals surface area contributed by atoms with E-state index < -0.39 is 0 Å². The summed E-state index contributed by atoms with van der Waals surface area (Å²) in [6, 6.07) is 11.1. The predicted octanol–water partition coefficient (Wildman–Crippen LogP) is 3.36. The highest BCUT2D eigenvalue weighted by Gasteiger charge is 2.34. The van der Waals surface area contributed by atoms with Crippen molar-refractivity contribution in [1.29, 1.82) is 5.41 Å². The fraction of sp³-hybridized carbons (Fsp3) is 0.611. The second-order valence-corrected chi connectivity index (χ2v) is 6.67. The van der Waals surface area contributed by atoms with E-state index in [4.69, 9.17) is 11.1 Å². The monoisotopic (exact) mass is 285 g/mol. The van der Waals surface area contributed by atoms with Crippen molar-refractivity contribution in [1.82, 2.24) is 4.90 Å².